The molecule has 4 nitrogen and oxygen atoms in total. The highest BCUT2D eigenvalue weighted by Gasteiger charge is 2.32. The van der Waals surface area contributed by atoms with E-state index >= 15 is 0 Å². The molecule has 0 saturated carbocycles. The Labute approximate surface area is 108 Å². The third-order valence-electron chi connectivity index (χ3n) is 3.46. The van der Waals surface area contributed by atoms with Crippen molar-refractivity contribution < 1.29 is 9.53 Å². The Hall–Kier alpha value is -1.55. The van der Waals surface area contributed by atoms with E-state index in [2.05, 4.69) is 5.32 Å². The first-order valence-corrected chi connectivity index (χ1v) is 6.40. The predicted octanol–water partition coefficient (Wildman–Crippen LogP) is 2.33. The summed E-state index contributed by atoms with van der Waals surface area (Å²) >= 11 is 0. The van der Waals surface area contributed by atoms with Crippen LogP contribution in [-0.4, -0.2) is 18.6 Å². The second-order valence-electron chi connectivity index (χ2n) is 4.78. The van der Waals surface area contributed by atoms with Crippen molar-refractivity contribution in [2.75, 3.05) is 17.7 Å². The van der Waals surface area contributed by atoms with E-state index in [1.54, 1.807) is 6.07 Å². The number of nitrogen functional groups attached to an aromatic ring is 1. The minimum Gasteiger partial charge on any atom is -0.399 e. The Kier molecular flexibility index (Phi) is 3.87. The van der Waals surface area contributed by atoms with Crippen LogP contribution >= 0.6 is 0 Å². The molecule has 1 saturated heterocycles. The van der Waals surface area contributed by atoms with Crippen molar-refractivity contribution in [2.45, 2.75) is 32.8 Å². The largest absolute Gasteiger partial charge is 0.399 e. The number of benzene rings is 1. The maximum atomic E-state index is 12.2. The lowest BCUT2D eigenvalue weighted by Gasteiger charge is -2.17. The zero-order valence-corrected chi connectivity index (χ0v) is 10.9. The summed E-state index contributed by atoms with van der Waals surface area (Å²) < 4.78 is 5.54. The van der Waals surface area contributed by atoms with Gasteiger partial charge >= 0.3 is 0 Å². The van der Waals surface area contributed by atoms with Gasteiger partial charge in [0.1, 0.15) is 0 Å². The molecule has 1 fully saturated rings. The fraction of sp³-hybridized carbons (Fsp3) is 0.500. The molecule has 3 N–H and O–H groups in total. The van der Waals surface area contributed by atoms with Crippen molar-refractivity contribution in [3.05, 3.63) is 23.8 Å². The SMILES string of the molecule is CCC1OCCC1C(=O)Nc1ccc(N)cc1C. The maximum Gasteiger partial charge on any atom is 0.230 e. The summed E-state index contributed by atoms with van der Waals surface area (Å²) in [6, 6.07) is 5.50. The topological polar surface area (TPSA) is 64.3 Å². The van der Waals surface area contributed by atoms with Gasteiger partial charge in [0, 0.05) is 18.0 Å². The Bertz CT molecular complexity index is 445. The molecular formula is C14H20N2O2. The van der Waals surface area contributed by atoms with Gasteiger partial charge in [-0.15, -0.1) is 0 Å². The highest BCUT2D eigenvalue weighted by Crippen LogP contribution is 2.26. The van der Waals surface area contributed by atoms with Gasteiger partial charge in [0.25, 0.3) is 0 Å². The molecule has 0 bridgehead atoms. The van der Waals surface area contributed by atoms with Gasteiger partial charge in [-0.1, -0.05) is 6.92 Å². The predicted molar refractivity (Wildman–Crippen MR) is 72.4 cm³/mol. The molecule has 2 atom stereocenters. The average Bonchev–Trinajstić information content (AvgIpc) is 2.81. The molecule has 1 aliphatic rings. The fourth-order valence-corrected chi connectivity index (χ4v) is 2.40. The highest BCUT2D eigenvalue weighted by atomic mass is 16.5. The van der Waals surface area contributed by atoms with Gasteiger partial charge < -0.3 is 15.8 Å². The van der Waals surface area contributed by atoms with Gasteiger partial charge in [-0.25, -0.2) is 0 Å². The second kappa shape index (κ2) is 5.40. The molecule has 1 amide bonds. The number of nitrogens with two attached hydrogens (primary N) is 1. The lowest BCUT2D eigenvalue weighted by molar-refractivity contribution is -0.121. The molecule has 0 radical (unpaired) electrons. The lowest BCUT2D eigenvalue weighted by atomic mass is 9.98. The number of carbonyl (C=O) groups is 1. The van der Waals surface area contributed by atoms with Crippen LogP contribution in [0.15, 0.2) is 18.2 Å². The zero-order valence-electron chi connectivity index (χ0n) is 10.9. The molecule has 1 aliphatic heterocycles. The summed E-state index contributed by atoms with van der Waals surface area (Å²) in [4.78, 5) is 12.2. The molecule has 0 spiro atoms. The number of hydrogen-bond acceptors (Lipinski definition) is 3. The quantitative estimate of drug-likeness (QED) is 0.807. The molecule has 1 heterocycles. The van der Waals surface area contributed by atoms with E-state index in [9.17, 15) is 4.79 Å². The van der Waals surface area contributed by atoms with E-state index in [4.69, 9.17) is 10.5 Å². The van der Waals surface area contributed by atoms with Crippen LogP contribution in [0.1, 0.15) is 25.3 Å². The molecular weight excluding hydrogens is 228 g/mol. The van der Waals surface area contributed by atoms with Crippen LogP contribution in [0.25, 0.3) is 0 Å². The van der Waals surface area contributed by atoms with Gasteiger partial charge in [-0.05, 0) is 43.5 Å². The number of rotatable bonds is 3. The van der Waals surface area contributed by atoms with Gasteiger partial charge in [0.05, 0.1) is 12.0 Å². The Balaban J connectivity index is 2.07. The van der Waals surface area contributed by atoms with Crippen LogP contribution in [0.4, 0.5) is 11.4 Å². The van der Waals surface area contributed by atoms with Crippen molar-refractivity contribution in [1.29, 1.82) is 0 Å². The van der Waals surface area contributed by atoms with Crippen LogP contribution in [0, 0.1) is 12.8 Å². The van der Waals surface area contributed by atoms with E-state index in [0.29, 0.717) is 12.3 Å². The second-order valence-corrected chi connectivity index (χ2v) is 4.78. The van der Waals surface area contributed by atoms with Crippen molar-refractivity contribution in [2.24, 2.45) is 5.92 Å². The third-order valence-corrected chi connectivity index (χ3v) is 3.46. The van der Waals surface area contributed by atoms with Crippen LogP contribution in [0.2, 0.25) is 0 Å². The van der Waals surface area contributed by atoms with Crippen LogP contribution < -0.4 is 11.1 Å². The Morgan fingerprint density at radius 3 is 3.00 bits per heavy atom. The maximum absolute atomic E-state index is 12.2. The Morgan fingerprint density at radius 1 is 1.56 bits per heavy atom. The molecule has 18 heavy (non-hydrogen) atoms. The van der Waals surface area contributed by atoms with Crippen LogP contribution in [0.3, 0.4) is 0 Å². The van der Waals surface area contributed by atoms with Gasteiger partial charge in [0.15, 0.2) is 0 Å². The number of anilines is 2. The molecule has 1 aromatic rings. The van der Waals surface area contributed by atoms with E-state index in [1.807, 2.05) is 26.0 Å². The molecule has 98 valence electrons. The fourth-order valence-electron chi connectivity index (χ4n) is 2.40. The summed E-state index contributed by atoms with van der Waals surface area (Å²) in [5, 5.41) is 2.97. The summed E-state index contributed by atoms with van der Waals surface area (Å²) in [6.45, 7) is 4.66. The zero-order chi connectivity index (χ0) is 13.1. The number of aryl methyl sites for hydroxylation is 1. The van der Waals surface area contributed by atoms with E-state index in [0.717, 1.165) is 24.1 Å². The first-order valence-electron chi connectivity index (χ1n) is 6.40. The molecule has 4 heteroatoms. The highest BCUT2D eigenvalue weighted by molar-refractivity contribution is 5.94. The van der Waals surface area contributed by atoms with Gasteiger partial charge in [-0.3, -0.25) is 4.79 Å². The number of hydrogen-bond donors (Lipinski definition) is 2. The Morgan fingerprint density at radius 2 is 2.33 bits per heavy atom. The van der Waals surface area contributed by atoms with Crippen LogP contribution in [-0.2, 0) is 9.53 Å². The summed E-state index contributed by atoms with van der Waals surface area (Å²) in [6.07, 6.45) is 1.73. The van der Waals surface area contributed by atoms with E-state index in [-0.39, 0.29) is 17.9 Å². The molecule has 0 aliphatic carbocycles. The lowest BCUT2D eigenvalue weighted by Crippen LogP contribution is -2.29. The van der Waals surface area contributed by atoms with Crippen molar-refractivity contribution in [3.8, 4) is 0 Å². The molecule has 0 aromatic heterocycles. The summed E-state index contributed by atoms with van der Waals surface area (Å²) in [5.74, 6) is 0.0131. The summed E-state index contributed by atoms with van der Waals surface area (Å²) in [5.41, 5.74) is 8.21. The smallest absolute Gasteiger partial charge is 0.230 e. The molecule has 2 unspecified atom stereocenters. The summed E-state index contributed by atoms with van der Waals surface area (Å²) in [7, 11) is 0. The van der Waals surface area contributed by atoms with Crippen molar-refractivity contribution >= 4 is 17.3 Å². The van der Waals surface area contributed by atoms with Crippen molar-refractivity contribution in [3.63, 3.8) is 0 Å². The molecule has 1 aromatic carbocycles. The van der Waals surface area contributed by atoms with Gasteiger partial charge in [0.2, 0.25) is 5.91 Å². The van der Waals surface area contributed by atoms with E-state index in [1.165, 1.54) is 0 Å². The van der Waals surface area contributed by atoms with Crippen molar-refractivity contribution in [1.82, 2.24) is 0 Å². The number of carbonyl (C=O) groups excluding carboxylic acids is 1. The minimum atomic E-state index is -0.0352. The van der Waals surface area contributed by atoms with Gasteiger partial charge in [-0.2, -0.15) is 0 Å². The monoisotopic (exact) mass is 248 g/mol. The average molecular weight is 248 g/mol. The number of nitrogens with one attached hydrogen (secondary N) is 1. The first-order chi connectivity index (χ1) is 8.61. The van der Waals surface area contributed by atoms with E-state index < -0.39 is 0 Å². The first kappa shape index (κ1) is 12.9. The normalized spacial score (nSPS) is 23.0. The van der Waals surface area contributed by atoms with Crippen LogP contribution in [0.5, 0.6) is 0 Å². The molecule has 2 rings (SSSR count). The number of amides is 1. The third kappa shape index (κ3) is 2.64. The number of ether oxygens (including phenoxy) is 1. The minimum absolute atomic E-state index is 0.0352. The standard InChI is InChI=1S/C14H20N2O2/c1-3-13-11(6-7-18-13)14(17)16-12-5-4-10(15)8-9(12)2/h4-5,8,11,13H,3,6-7,15H2,1-2H3,(H,16,17).